The predicted octanol–water partition coefficient (Wildman–Crippen LogP) is 1.81. The van der Waals surface area contributed by atoms with Gasteiger partial charge in [0, 0.05) is 0 Å². The van der Waals surface area contributed by atoms with Crippen LogP contribution in [0.25, 0.3) is 0 Å². The van der Waals surface area contributed by atoms with E-state index in [-0.39, 0.29) is 30.1 Å². The van der Waals surface area contributed by atoms with Crippen LogP contribution in [0.4, 0.5) is 0 Å². The molecular weight excluding hydrogens is 256 g/mol. The molecule has 5 nitrogen and oxygen atoms in total. The Morgan fingerprint density at radius 1 is 1.25 bits per heavy atom. The summed E-state index contributed by atoms with van der Waals surface area (Å²) in [6, 6.07) is 6.86. The van der Waals surface area contributed by atoms with Gasteiger partial charge in [-0.1, -0.05) is 32.9 Å². The van der Waals surface area contributed by atoms with E-state index in [9.17, 15) is 9.59 Å². The SMILES string of the molecule is CC[C@H](C(=O)Oc1ccc(CC(=O)NN)cc1)C(C)C. The van der Waals surface area contributed by atoms with Crippen LogP contribution in [0.15, 0.2) is 24.3 Å². The van der Waals surface area contributed by atoms with Crippen molar-refractivity contribution in [2.45, 2.75) is 33.6 Å². The Kier molecular flexibility index (Phi) is 6.18. The second kappa shape index (κ2) is 7.65. The number of nitrogens with one attached hydrogen (secondary N) is 1. The molecule has 5 heteroatoms. The molecule has 1 rings (SSSR count). The van der Waals surface area contributed by atoms with Gasteiger partial charge in [0.15, 0.2) is 0 Å². The van der Waals surface area contributed by atoms with Gasteiger partial charge < -0.3 is 4.74 Å². The summed E-state index contributed by atoms with van der Waals surface area (Å²) < 4.78 is 5.35. The second-order valence-corrected chi connectivity index (χ2v) is 5.07. The molecule has 0 unspecified atom stereocenters. The Bertz CT molecular complexity index is 455. The van der Waals surface area contributed by atoms with Crippen molar-refractivity contribution in [2.24, 2.45) is 17.7 Å². The number of carbonyl (C=O) groups excluding carboxylic acids is 2. The van der Waals surface area contributed by atoms with Crippen molar-refractivity contribution in [3.63, 3.8) is 0 Å². The number of nitrogens with two attached hydrogens (primary N) is 1. The number of carbonyl (C=O) groups is 2. The molecule has 0 aliphatic rings. The van der Waals surface area contributed by atoms with Crippen molar-refractivity contribution < 1.29 is 14.3 Å². The first-order valence-electron chi connectivity index (χ1n) is 6.78. The highest BCUT2D eigenvalue weighted by atomic mass is 16.5. The smallest absolute Gasteiger partial charge is 0.314 e. The maximum atomic E-state index is 12.0. The summed E-state index contributed by atoms with van der Waals surface area (Å²) >= 11 is 0. The second-order valence-electron chi connectivity index (χ2n) is 5.07. The van der Waals surface area contributed by atoms with Crippen LogP contribution in [0.2, 0.25) is 0 Å². The first-order chi connectivity index (χ1) is 9.47. The van der Waals surface area contributed by atoms with Crippen molar-refractivity contribution in [3.8, 4) is 5.75 Å². The van der Waals surface area contributed by atoms with Crippen LogP contribution < -0.4 is 16.0 Å². The summed E-state index contributed by atoms with van der Waals surface area (Å²) in [7, 11) is 0. The van der Waals surface area contributed by atoms with Crippen LogP contribution in [0.3, 0.4) is 0 Å². The third-order valence-corrected chi connectivity index (χ3v) is 3.21. The number of benzene rings is 1. The fraction of sp³-hybridized carbons (Fsp3) is 0.467. The number of hydrazine groups is 1. The third-order valence-electron chi connectivity index (χ3n) is 3.21. The van der Waals surface area contributed by atoms with E-state index in [1.807, 2.05) is 20.8 Å². The van der Waals surface area contributed by atoms with Gasteiger partial charge in [0.2, 0.25) is 5.91 Å². The normalized spacial score (nSPS) is 12.1. The molecule has 1 aromatic rings. The number of rotatable bonds is 6. The maximum absolute atomic E-state index is 12.0. The van der Waals surface area contributed by atoms with E-state index in [0.29, 0.717) is 5.75 Å². The number of hydrogen-bond donors (Lipinski definition) is 2. The van der Waals surface area contributed by atoms with Crippen molar-refractivity contribution >= 4 is 11.9 Å². The van der Waals surface area contributed by atoms with Crippen LogP contribution in [0.5, 0.6) is 5.75 Å². The highest BCUT2D eigenvalue weighted by Gasteiger charge is 2.22. The van der Waals surface area contributed by atoms with Gasteiger partial charge in [0.05, 0.1) is 12.3 Å². The molecule has 0 saturated carbocycles. The van der Waals surface area contributed by atoms with Gasteiger partial charge in [-0.2, -0.15) is 0 Å². The van der Waals surface area contributed by atoms with E-state index in [2.05, 4.69) is 5.43 Å². The molecule has 0 fully saturated rings. The molecule has 0 aliphatic heterocycles. The first kappa shape index (κ1) is 16.2. The van der Waals surface area contributed by atoms with E-state index in [4.69, 9.17) is 10.6 Å². The number of amides is 1. The van der Waals surface area contributed by atoms with E-state index >= 15 is 0 Å². The standard InChI is InChI=1S/C15H22N2O3/c1-4-13(10(2)3)15(19)20-12-7-5-11(6-8-12)9-14(18)17-16/h5-8,10,13H,4,9,16H2,1-3H3,(H,17,18)/t13-/m0/s1. The number of esters is 1. The molecule has 0 spiro atoms. The predicted molar refractivity (Wildman–Crippen MR) is 76.7 cm³/mol. The quantitative estimate of drug-likeness (QED) is 0.273. The zero-order valence-electron chi connectivity index (χ0n) is 12.2. The van der Waals surface area contributed by atoms with Crippen molar-refractivity contribution in [3.05, 3.63) is 29.8 Å². The maximum Gasteiger partial charge on any atom is 0.314 e. The molecule has 0 saturated heterocycles. The number of ether oxygens (including phenoxy) is 1. The fourth-order valence-corrected chi connectivity index (χ4v) is 2.01. The van der Waals surface area contributed by atoms with Gasteiger partial charge in [-0.05, 0) is 30.0 Å². The van der Waals surface area contributed by atoms with Gasteiger partial charge in [0.1, 0.15) is 5.75 Å². The average molecular weight is 278 g/mol. The average Bonchev–Trinajstić information content (AvgIpc) is 2.41. The molecular formula is C15H22N2O3. The topological polar surface area (TPSA) is 81.4 Å². The van der Waals surface area contributed by atoms with E-state index < -0.39 is 0 Å². The summed E-state index contributed by atoms with van der Waals surface area (Å²) in [4.78, 5) is 23.1. The lowest BCUT2D eigenvalue weighted by Gasteiger charge is -2.17. The summed E-state index contributed by atoms with van der Waals surface area (Å²) in [5.74, 6) is 5.19. The minimum Gasteiger partial charge on any atom is -0.426 e. The molecule has 1 aromatic carbocycles. The van der Waals surface area contributed by atoms with Crippen LogP contribution in [0.1, 0.15) is 32.8 Å². The molecule has 0 bridgehead atoms. The van der Waals surface area contributed by atoms with Crippen LogP contribution >= 0.6 is 0 Å². The molecule has 110 valence electrons. The van der Waals surface area contributed by atoms with Crippen LogP contribution in [-0.2, 0) is 16.0 Å². The van der Waals surface area contributed by atoms with Crippen molar-refractivity contribution in [2.75, 3.05) is 0 Å². The molecule has 0 aromatic heterocycles. The summed E-state index contributed by atoms with van der Waals surface area (Å²) in [5, 5.41) is 0. The fourth-order valence-electron chi connectivity index (χ4n) is 2.01. The third kappa shape index (κ3) is 4.66. The van der Waals surface area contributed by atoms with Gasteiger partial charge >= 0.3 is 5.97 Å². The zero-order valence-corrected chi connectivity index (χ0v) is 12.2. The summed E-state index contributed by atoms with van der Waals surface area (Å²) in [6.07, 6.45) is 0.958. The molecule has 3 N–H and O–H groups in total. The van der Waals surface area contributed by atoms with Crippen LogP contribution in [-0.4, -0.2) is 11.9 Å². The monoisotopic (exact) mass is 278 g/mol. The lowest BCUT2D eigenvalue weighted by molar-refractivity contribution is -0.140. The Hall–Kier alpha value is -1.88. The van der Waals surface area contributed by atoms with Crippen molar-refractivity contribution in [1.82, 2.24) is 5.43 Å². The Balaban J connectivity index is 2.65. The Labute approximate surface area is 119 Å². The van der Waals surface area contributed by atoms with E-state index in [0.717, 1.165) is 12.0 Å². The van der Waals surface area contributed by atoms with Gasteiger partial charge in [0.25, 0.3) is 0 Å². The summed E-state index contributed by atoms with van der Waals surface area (Å²) in [5.41, 5.74) is 2.88. The lowest BCUT2D eigenvalue weighted by Crippen LogP contribution is -2.31. The highest BCUT2D eigenvalue weighted by Crippen LogP contribution is 2.20. The summed E-state index contributed by atoms with van der Waals surface area (Å²) in [6.45, 7) is 5.98. The Morgan fingerprint density at radius 2 is 1.85 bits per heavy atom. The molecule has 0 heterocycles. The Morgan fingerprint density at radius 3 is 2.30 bits per heavy atom. The minimum absolute atomic E-state index is 0.0994. The molecule has 0 aliphatic carbocycles. The molecule has 20 heavy (non-hydrogen) atoms. The van der Waals surface area contributed by atoms with Gasteiger partial charge in [-0.3, -0.25) is 15.0 Å². The molecule has 0 radical (unpaired) electrons. The van der Waals surface area contributed by atoms with Crippen molar-refractivity contribution in [1.29, 1.82) is 0 Å². The molecule has 1 atom stereocenters. The van der Waals surface area contributed by atoms with E-state index in [1.165, 1.54) is 0 Å². The number of hydrogen-bond acceptors (Lipinski definition) is 4. The lowest BCUT2D eigenvalue weighted by atomic mass is 9.93. The van der Waals surface area contributed by atoms with Gasteiger partial charge in [-0.15, -0.1) is 0 Å². The largest absolute Gasteiger partial charge is 0.426 e. The molecule has 1 amide bonds. The minimum atomic E-state index is -0.263. The first-order valence-corrected chi connectivity index (χ1v) is 6.78. The highest BCUT2D eigenvalue weighted by molar-refractivity contribution is 5.78. The van der Waals surface area contributed by atoms with E-state index in [1.54, 1.807) is 24.3 Å². The zero-order chi connectivity index (χ0) is 15.1. The van der Waals surface area contributed by atoms with Gasteiger partial charge in [-0.25, -0.2) is 5.84 Å². The van der Waals surface area contributed by atoms with Crippen LogP contribution in [0, 0.1) is 11.8 Å².